The second-order valence-corrected chi connectivity index (χ2v) is 5.44. The number of methoxy groups -OCH3 is 1. The molecule has 0 radical (unpaired) electrons. The van der Waals surface area contributed by atoms with Crippen molar-refractivity contribution >= 4 is 5.97 Å². The molecule has 1 unspecified atom stereocenters. The standard InChI is InChI=1S/C16H23NO3/c1-12(16(18)19)17(14-8-9-14)10-4-6-13-5-3-7-15(11-13)20-2/h3,5,7,11-12,14H,4,6,8-10H2,1-2H3,(H,18,19). The third kappa shape index (κ3) is 3.97. The van der Waals surface area contributed by atoms with E-state index in [1.807, 2.05) is 18.2 Å². The molecule has 1 aliphatic rings. The van der Waals surface area contributed by atoms with Crippen LogP contribution < -0.4 is 4.74 Å². The summed E-state index contributed by atoms with van der Waals surface area (Å²) in [5, 5.41) is 9.16. The van der Waals surface area contributed by atoms with Crippen molar-refractivity contribution < 1.29 is 14.6 Å². The van der Waals surface area contributed by atoms with Gasteiger partial charge in [-0.05, 0) is 56.8 Å². The van der Waals surface area contributed by atoms with Crippen LogP contribution in [-0.4, -0.2) is 41.7 Å². The molecule has 4 heteroatoms. The number of benzene rings is 1. The van der Waals surface area contributed by atoms with Gasteiger partial charge in [-0.3, -0.25) is 9.69 Å². The van der Waals surface area contributed by atoms with Gasteiger partial charge in [0.05, 0.1) is 7.11 Å². The maximum atomic E-state index is 11.1. The Balaban J connectivity index is 1.85. The Morgan fingerprint density at radius 3 is 2.85 bits per heavy atom. The first-order valence-corrected chi connectivity index (χ1v) is 7.23. The van der Waals surface area contributed by atoms with E-state index < -0.39 is 5.97 Å². The van der Waals surface area contributed by atoms with Gasteiger partial charge in [-0.1, -0.05) is 12.1 Å². The van der Waals surface area contributed by atoms with E-state index in [0.29, 0.717) is 6.04 Å². The van der Waals surface area contributed by atoms with Crippen molar-refractivity contribution in [2.75, 3.05) is 13.7 Å². The molecule has 0 aliphatic heterocycles. The number of hydrogen-bond donors (Lipinski definition) is 1. The molecule has 1 aromatic rings. The summed E-state index contributed by atoms with van der Waals surface area (Å²) >= 11 is 0. The average Bonchev–Trinajstić information content (AvgIpc) is 3.27. The van der Waals surface area contributed by atoms with Crippen LogP contribution in [0.2, 0.25) is 0 Å². The van der Waals surface area contributed by atoms with E-state index in [9.17, 15) is 4.79 Å². The van der Waals surface area contributed by atoms with Crippen LogP contribution in [0.15, 0.2) is 24.3 Å². The van der Waals surface area contributed by atoms with E-state index in [2.05, 4.69) is 11.0 Å². The molecule has 2 rings (SSSR count). The fraction of sp³-hybridized carbons (Fsp3) is 0.562. The Labute approximate surface area is 120 Å². The smallest absolute Gasteiger partial charge is 0.320 e. The summed E-state index contributed by atoms with van der Waals surface area (Å²) in [4.78, 5) is 13.3. The first kappa shape index (κ1) is 14.9. The van der Waals surface area contributed by atoms with Crippen molar-refractivity contribution in [2.24, 2.45) is 0 Å². The van der Waals surface area contributed by atoms with Crippen LogP contribution >= 0.6 is 0 Å². The molecule has 1 fully saturated rings. The minimum absolute atomic E-state index is 0.382. The number of carboxylic acids is 1. The molecule has 1 aliphatic carbocycles. The summed E-state index contributed by atoms with van der Waals surface area (Å²) in [6.07, 6.45) is 4.20. The maximum Gasteiger partial charge on any atom is 0.320 e. The van der Waals surface area contributed by atoms with Gasteiger partial charge in [-0.2, -0.15) is 0 Å². The van der Waals surface area contributed by atoms with Gasteiger partial charge in [-0.25, -0.2) is 0 Å². The predicted octanol–water partition coefficient (Wildman–Crippen LogP) is 2.57. The van der Waals surface area contributed by atoms with Gasteiger partial charge in [0.15, 0.2) is 0 Å². The lowest BCUT2D eigenvalue weighted by Gasteiger charge is -2.26. The van der Waals surface area contributed by atoms with E-state index in [0.717, 1.165) is 38.0 Å². The number of carbonyl (C=O) groups is 1. The molecule has 1 saturated carbocycles. The molecule has 4 nitrogen and oxygen atoms in total. The molecule has 0 saturated heterocycles. The van der Waals surface area contributed by atoms with Crippen molar-refractivity contribution in [3.63, 3.8) is 0 Å². The van der Waals surface area contributed by atoms with Gasteiger partial charge in [0.2, 0.25) is 0 Å². The molecule has 1 N–H and O–H groups in total. The molecule has 1 atom stereocenters. The lowest BCUT2D eigenvalue weighted by atomic mass is 10.1. The van der Waals surface area contributed by atoms with Crippen molar-refractivity contribution in [1.82, 2.24) is 4.90 Å². The van der Waals surface area contributed by atoms with Gasteiger partial charge in [0, 0.05) is 6.04 Å². The number of ether oxygens (including phenoxy) is 1. The van der Waals surface area contributed by atoms with E-state index >= 15 is 0 Å². The van der Waals surface area contributed by atoms with Crippen LogP contribution in [-0.2, 0) is 11.2 Å². The van der Waals surface area contributed by atoms with Crippen LogP contribution in [0.3, 0.4) is 0 Å². The van der Waals surface area contributed by atoms with Crippen molar-refractivity contribution in [3.05, 3.63) is 29.8 Å². The molecule has 0 spiro atoms. The summed E-state index contributed by atoms with van der Waals surface area (Å²) in [6, 6.07) is 8.16. The monoisotopic (exact) mass is 277 g/mol. The fourth-order valence-corrected chi connectivity index (χ4v) is 2.53. The molecule has 0 bridgehead atoms. The summed E-state index contributed by atoms with van der Waals surface area (Å²) in [5.74, 6) is 0.152. The van der Waals surface area contributed by atoms with Crippen LogP contribution in [0.1, 0.15) is 31.7 Å². The lowest BCUT2D eigenvalue weighted by Crippen LogP contribution is -2.41. The first-order chi connectivity index (χ1) is 9.61. The number of aryl methyl sites for hydroxylation is 1. The third-order valence-electron chi connectivity index (χ3n) is 3.89. The summed E-state index contributed by atoms with van der Waals surface area (Å²) in [5.41, 5.74) is 1.24. The molecular weight excluding hydrogens is 254 g/mol. The Bertz CT molecular complexity index is 457. The zero-order valence-electron chi connectivity index (χ0n) is 12.2. The molecule has 1 aromatic carbocycles. The summed E-state index contributed by atoms with van der Waals surface area (Å²) < 4.78 is 5.21. The minimum atomic E-state index is -0.724. The fourth-order valence-electron chi connectivity index (χ4n) is 2.53. The van der Waals surface area contributed by atoms with E-state index in [1.54, 1.807) is 14.0 Å². The molecule has 0 amide bonds. The maximum absolute atomic E-state index is 11.1. The zero-order valence-corrected chi connectivity index (χ0v) is 12.2. The summed E-state index contributed by atoms with van der Waals surface area (Å²) in [6.45, 7) is 2.63. The second kappa shape index (κ2) is 6.75. The predicted molar refractivity (Wildman–Crippen MR) is 78.1 cm³/mol. The lowest BCUT2D eigenvalue weighted by molar-refractivity contribution is -0.142. The normalized spacial score (nSPS) is 16.1. The van der Waals surface area contributed by atoms with Crippen LogP contribution in [0, 0.1) is 0 Å². The number of carboxylic acid groups (broad SMARTS) is 1. The van der Waals surface area contributed by atoms with Crippen molar-refractivity contribution in [3.8, 4) is 5.75 Å². The van der Waals surface area contributed by atoms with Gasteiger partial charge in [0.1, 0.15) is 11.8 Å². The van der Waals surface area contributed by atoms with Gasteiger partial charge in [0.25, 0.3) is 0 Å². The van der Waals surface area contributed by atoms with Crippen molar-refractivity contribution in [2.45, 2.75) is 44.7 Å². The van der Waals surface area contributed by atoms with Gasteiger partial charge < -0.3 is 9.84 Å². The minimum Gasteiger partial charge on any atom is -0.497 e. The number of nitrogens with zero attached hydrogens (tertiary/aromatic N) is 1. The molecule has 0 aromatic heterocycles. The highest BCUT2D eigenvalue weighted by molar-refractivity contribution is 5.73. The Kier molecular flexibility index (Phi) is 5.01. The highest BCUT2D eigenvalue weighted by atomic mass is 16.5. The van der Waals surface area contributed by atoms with E-state index in [4.69, 9.17) is 9.84 Å². The topological polar surface area (TPSA) is 49.8 Å². The molecule has 0 heterocycles. The van der Waals surface area contributed by atoms with Crippen LogP contribution in [0.4, 0.5) is 0 Å². The highest BCUT2D eigenvalue weighted by Crippen LogP contribution is 2.29. The highest BCUT2D eigenvalue weighted by Gasteiger charge is 2.34. The van der Waals surface area contributed by atoms with E-state index in [1.165, 1.54) is 5.56 Å². The van der Waals surface area contributed by atoms with Crippen molar-refractivity contribution in [1.29, 1.82) is 0 Å². The summed E-state index contributed by atoms with van der Waals surface area (Å²) in [7, 11) is 1.67. The van der Waals surface area contributed by atoms with Gasteiger partial charge in [-0.15, -0.1) is 0 Å². The number of hydrogen-bond acceptors (Lipinski definition) is 3. The quantitative estimate of drug-likeness (QED) is 0.793. The van der Waals surface area contributed by atoms with E-state index in [-0.39, 0.29) is 6.04 Å². The van der Waals surface area contributed by atoms with Crippen LogP contribution in [0.5, 0.6) is 5.75 Å². The second-order valence-electron chi connectivity index (χ2n) is 5.44. The SMILES string of the molecule is COc1cccc(CCCN(C2CC2)C(C)C(=O)O)c1. The molecule has 110 valence electrons. The van der Waals surface area contributed by atoms with Gasteiger partial charge >= 0.3 is 5.97 Å². The van der Waals surface area contributed by atoms with Crippen LogP contribution in [0.25, 0.3) is 0 Å². The first-order valence-electron chi connectivity index (χ1n) is 7.23. The molecule has 20 heavy (non-hydrogen) atoms. The Morgan fingerprint density at radius 2 is 2.25 bits per heavy atom. The average molecular weight is 277 g/mol. The largest absolute Gasteiger partial charge is 0.497 e. The Hall–Kier alpha value is -1.55. The number of aliphatic carboxylic acids is 1. The third-order valence-corrected chi connectivity index (χ3v) is 3.89. The number of rotatable bonds is 8. The Morgan fingerprint density at radius 1 is 1.50 bits per heavy atom. The molecular formula is C16H23NO3. The zero-order chi connectivity index (χ0) is 14.5.